The number of hydrogen-bond donors (Lipinski definition) is 1. The molecule has 1 amide bonds. The summed E-state index contributed by atoms with van der Waals surface area (Å²) in [6, 6.07) is -0.138. The molecule has 0 spiro atoms. The molecule has 1 unspecified atom stereocenters. The van der Waals surface area contributed by atoms with Gasteiger partial charge in [-0.05, 0) is 19.4 Å². The van der Waals surface area contributed by atoms with E-state index in [1.165, 1.54) is 0 Å². The van der Waals surface area contributed by atoms with Crippen molar-refractivity contribution in [2.24, 2.45) is 0 Å². The highest BCUT2D eigenvalue weighted by Crippen LogP contribution is 2.28. The smallest absolute Gasteiger partial charge is 0.251 e. The summed E-state index contributed by atoms with van der Waals surface area (Å²) < 4.78 is 25.9. The van der Waals surface area contributed by atoms with E-state index in [2.05, 4.69) is 5.32 Å². The average Bonchev–Trinajstić information content (AvgIpc) is 2.29. The molecule has 0 aromatic rings. The van der Waals surface area contributed by atoms with Crippen LogP contribution in [0.5, 0.6) is 0 Å². The minimum absolute atomic E-state index is 0.00944. The summed E-state index contributed by atoms with van der Waals surface area (Å²) >= 11 is 0. The number of halogens is 2. The highest BCUT2D eigenvalue weighted by Gasteiger charge is 2.37. The van der Waals surface area contributed by atoms with Gasteiger partial charge in [-0.25, -0.2) is 8.78 Å². The number of nitrogens with one attached hydrogen (secondary N) is 1. The quantitative estimate of drug-likeness (QED) is 0.741. The van der Waals surface area contributed by atoms with Gasteiger partial charge in [0.25, 0.3) is 5.92 Å². The molecule has 3 nitrogen and oxygen atoms in total. The van der Waals surface area contributed by atoms with Crippen molar-refractivity contribution >= 4 is 5.91 Å². The SMILES string of the molecule is O=C(C1CCCCN1)N1CCC(F)(F)CC1. The maximum absolute atomic E-state index is 12.9. The van der Waals surface area contributed by atoms with Gasteiger partial charge < -0.3 is 10.2 Å². The van der Waals surface area contributed by atoms with Crippen molar-refractivity contribution in [3.05, 3.63) is 0 Å². The van der Waals surface area contributed by atoms with Crippen LogP contribution in [0, 0.1) is 0 Å². The number of nitrogens with zero attached hydrogens (tertiary/aromatic N) is 1. The van der Waals surface area contributed by atoms with Crippen LogP contribution in [0.2, 0.25) is 0 Å². The van der Waals surface area contributed by atoms with Crippen LogP contribution in [-0.2, 0) is 4.79 Å². The second-order valence-electron chi connectivity index (χ2n) is 4.68. The van der Waals surface area contributed by atoms with E-state index >= 15 is 0 Å². The third-order valence-electron chi connectivity index (χ3n) is 3.42. The van der Waals surface area contributed by atoms with Gasteiger partial charge in [-0.2, -0.15) is 0 Å². The molecule has 2 fully saturated rings. The van der Waals surface area contributed by atoms with E-state index in [0.717, 1.165) is 25.8 Å². The fourth-order valence-electron chi connectivity index (χ4n) is 2.34. The summed E-state index contributed by atoms with van der Waals surface area (Å²) in [6.45, 7) is 1.26. The lowest BCUT2D eigenvalue weighted by molar-refractivity contribution is -0.140. The minimum atomic E-state index is -2.57. The van der Waals surface area contributed by atoms with Gasteiger partial charge in [0, 0.05) is 25.9 Å². The van der Waals surface area contributed by atoms with Crippen molar-refractivity contribution < 1.29 is 13.6 Å². The molecular formula is C11H18F2N2O. The van der Waals surface area contributed by atoms with E-state index in [1.807, 2.05) is 0 Å². The van der Waals surface area contributed by atoms with E-state index in [1.54, 1.807) is 4.90 Å². The summed E-state index contributed by atoms with van der Waals surface area (Å²) in [5.74, 6) is -2.56. The van der Waals surface area contributed by atoms with Crippen LogP contribution in [0.25, 0.3) is 0 Å². The van der Waals surface area contributed by atoms with Crippen LogP contribution < -0.4 is 5.32 Å². The number of alkyl halides is 2. The lowest BCUT2D eigenvalue weighted by atomic mass is 10.0. The zero-order valence-electron chi connectivity index (χ0n) is 9.35. The Morgan fingerprint density at radius 2 is 1.94 bits per heavy atom. The average molecular weight is 232 g/mol. The number of piperidine rings is 2. The summed E-state index contributed by atoms with van der Waals surface area (Å²) in [5.41, 5.74) is 0. The van der Waals surface area contributed by atoms with Gasteiger partial charge in [0.2, 0.25) is 5.91 Å². The molecule has 0 bridgehead atoms. The van der Waals surface area contributed by atoms with E-state index in [9.17, 15) is 13.6 Å². The molecule has 0 radical (unpaired) electrons. The number of carbonyl (C=O) groups excluding carboxylic acids is 1. The summed E-state index contributed by atoms with van der Waals surface area (Å²) in [4.78, 5) is 13.6. The van der Waals surface area contributed by atoms with E-state index in [0.29, 0.717) is 0 Å². The molecule has 0 saturated carbocycles. The Kier molecular flexibility index (Phi) is 3.42. The number of amides is 1. The minimum Gasteiger partial charge on any atom is -0.341 e. The first kappa shape index (κ1) is 11.8. The largest absolute Gasteiger partial charge is 0.341 e. The molecule has 0 aliphatic carbocycles. The van der Waals surface area contributed by atoms with Crippen molar-refractivity contribution in [2.75, 3.05) is 19.6 Å². The van der Waals surface area contributed by atoms with Gasteiger partial charge in [-0.1, -0.05) is 6.42 Å². The first-order chi connectivity index (χ1) is 7.58. The number of rotatable bonds is 1. The lowest BCUT2D eigenvalue weighted by Crippen LogP contribution is -2.52. The van der Waals surface area contributed by atoms with Crippen LogP contribution in [0.4, 0.5) is 8.78 Å². The van der Waals surface area contributed by atoms with E-state index in [4.69, 9.17) is 0 Å². The Bertz CT molecular complexity index is 255. The summed E-state index contributed by atoms with van der Waals surface area (Å²) in [7, 11) is 0. The van der Waals surface area contributed by atoms with Crippen LogP contribution in [0.15, 0.2) is 0 Å². The van der Waals surface area contributed by atoms with Gasteiger partial charge in [0.1, 0.15) is 0 Å². The third kappa shape index (κ3) is 2.70. The lowest BCUT2D eigenvalue weighted by Gasteiger charge is -2.35. The van der Waals surface area contributed by atoms with Gasteiger partial charge in [0.05, 0.1) is 6.04 Å². The molecule has 0 aromatic heterocycles. The number of hydrogen-bond acceptors (Lipinski definition) is 2. The van der Waals surface area contributed by atoms with Crippen molar-refractivity contribution in [3.8, 4) is 0 Å². The topological polar surface area (TPSA) is 32.3 Å². The Balaban J connectivity index is 1.86. The van der Waals surface area contributed by atoms with Gasteiger partial charge >= 0.3 is 0 Å². The second-order valence-corrected chi connectivity index (χ2v) is 4.68. The Morgan fingerprint density at radius 3 is 2.50 bits per heavy atom. The molecule has 2 heterocycles. The highest BCUT2D eigenvalue weighted by molar-refractivity contribution is 5.82. The predicted molar refractivity (Wildman–Crippen MR) is 56.4 cm³/mol. The first-order valence-corrected chi connectivity index (χ1v) is 5.98. The fraction of sp³-hybridized carbons (Fsp3) is 0.909. The second kappa shape index (κ2) is 4.65. The molecular weight excluding hydrogens is 214 g/mol. The highest BCUT2D eigenvalue weighted by atomic mass is 19.3. The van der Waals surface area contributed by atoms with E-state index < -0.39 is 5.92 Å². The van der Waals surface area contributed by atoms with Crippen molar-refractivity contribution in [1.82, 2.24) is 10.2 Å². The van der Waals surface area contributed by atoms with E-state index in [-0.39, 0.29) is 37.9 Å². The Morgan fingerprint density at radius 1 is 1.25 bits per heavy atom. The molecule has 0 aromatic carbocycles. The fourth-order valence-corrected chi connectivity index (χ4v) is 2.34. The molecule has 1 atom stereocenters. The zero-order valence-corrected chi connectivity index (χ0v) is 9.35. The maximum atomic E-state index is 12.9. The molecule has 2 aliphatic heterocycles. The molecule has 5 heteroatoms. The zero-order chi connectivity index (χ0) is 11.6. The van der Waals surface area contributed by atoms with Crippen LogP contribution in [-0.4, -0.2) is 42.4 Å². The maximum Gasteiger partial charge on any atom is 0.251 e. The van der Waals surface area contributed by atoms with Gasteiger partial charge in [0.15, 0.2) is 0 Å². The van der Waals surface area contributed by atoms with Crippen LogP contribution in [0.1, 0.15) is 32.1 Å². The standard InChI is InChI=1S/C11H18F2N2O/c12-11(13)4-7-15(8-5-11)10(16)9-3-1-2-6-14-9/h9,14H,1-8H2. The van der Waals surface area contributed by atoms with Crippen LogP contribution in [0.3, 0.4) is 0 Å². The Labute approximate surface area is 94.2 Å². The van der Waals surface area contributed by atoms with Crippen LogP contribution >= 0.6 is 0 Å². The third-order valence-corrected chi connectivity index (χ3v) is 3.42. The van der Waals surface area contributed by atoms with Crippen molar-refractivity contribution in [1.29, 1.82) is 0 Å². The summed E-state index contributed by atoms with van der Waals surface area (Å²) in [5, 5.41) is 3.16. The predicted octanol–water partition coefficient (Wildman–Crippen LogP) is 1.39. The molecule has 1 N–H and O–H groups in total. The summed E-state index contributed by atoms with van der Waals surface area (Å²) in [6.07, 6.45) is 2.61. The van der Waals surface area contributed by atoms with Crippen molar-refractivity contribution in [3.63, 3.8) is 0 Å². The van der Waals surface area contributed by atoms with Crippen molar-refractivity contribution in [2.45, 2.75) is 44.1 Å². The molecule has 2 rings (SSSR count). The van der Waals surface area contributed by atoms with Gasteiger partial charge in [-0.3, -0.25) is 4.79 Å². The number of likely N-dealkylation sites (tertiary alicyclic amines) is 1. The molecule has 92 valence electrons. The van der Waals surface area contributed by atoms with Gasteiger partial charge in [-0.15, -0.1) is 0 Å². The first-order valence-electron chi connectivity index (χ1n) is 5.98. The molecule has 2 saturated heterocycles. The Hall–Kier alpha value is -0.710. The monoisotopic (exact) mass is 232 g/mol. The number of carbonyl (C=O) groups is 1. The normalized spacial score (nSPS) is 30.1. The molecule has 16 heavy (non-hydrogen) atoms. The molecule has 2 aliphatic rings.